The van der Waals surface area contributed by atoms with E-state index in [1.165, 1.54) is 0 Å². The molecule has 1 aromatic heterocycles. The third-order valence-electron chi connectivity index (χ3n) is 5.63. The van der Waals surface area contributed by atoms with Crippen LogP contribution in [0, 0.1) is 0 Å². The fraction of sp³-hybridized carbons (Fsp3) is 0.185. The van der Waals surface area contributed by atoms with Crippen LogP contribution in [-0.4, -0.2) is 54.6 Å². The molecule has 0 aliphatic carbocycles. The van der Waals surface area contributed by atoms with Crippen LogP contribution in [0.1, 0.15) is 5.56 Å². The zero-order valence-electron chi connectivity index (χ0n) is 20.0. The number of hydrazone groups is 1. The van der Waals surface area contributed by atoms with Gasteiger partial charge in [0.1, 0.15) is 5.75 Å². The van der Waals surface area contributed by atoms with E-state index < -0.39 is 0 Å². The first kappa shape index (κ1) is 23.3. The van der Waals surface area contributed by atoms with Gasteiger partial charge in [0.05, 0.1) is 26.5 Å². The molecule has 0 amide bonds. The van der Waals surface area contributed by atoms with Crippen LogP contribution in [0.2, 0.25) is 0 Å². The van der Waals surface area contributed by atoms with Crippen molar-refractivity contribution in [2.75, 3.05) is 48.6 Å². The smallest absolute Gasteiger partial charge is 0.250 e. The molecule has 36 heavy (non-hydrogen) atoms. The molecule has 1 N–H and O–H groups in total. The fourth-order valence-corrected chi connectivity index (χ4v) is 3.80. The Bertz CT molecular complexity index is 1240. The number of aromatic nitrogens is 3. The Labute approximate surface area is 210 Å². The lowest BCUT2D eigenvalue weighted by Crippen LogP contribution is -2.37. The van der Waals surface area contributed by atoms with Gasteiger partial charge in [-0.1, -0.05) is 36.4 Å². The summed E-state index contributed by atoms with van der Waals surface area (Å²) in [4.78, 5) is 18.4. The maximum absolute atomic E-state index is 5.53. The molecule has 9 nitrogen and oxygen atoms in total. The van der Waals surface area contributed by atoms with Crippen molar-refractivity contribution >= 4 is 35.4 Å². The summed E-state index contributed by atoms with van der Waals surface area (Å²) >= 11 is 0. The summed E-state index contributed by atoms with van der Waals surface area (Å²) in [5.74, 6) is 2.20. The highest BCUT2D eigenvalue weighted by Crippen LogP contribution is 2.33. The topological polar surface area (TPSA) is 88.0 Å². The van der Waals surface area contributed by atoms with Crippen molar-refractivity contribution < 1.29 is 9.47 Å². The number of nitrogens with zero attached hydrogens (tertiary/aromatic N) is 6. The van der Waals surface area contributed by atoms with Crippen molar-refractivity contribution in [2.45, 2.75) is 0 Å². The third-order valence-corrected chi connectivity index (χ3v) is 5.63. The van der Waals surface area contributed by atoms with Gasteiger partial charge in [0.15, 0.2) is 0 Å². The number of morpholine rings is 1. The average Bonchev–Trinajstić information content (AvgIpc) is 2.95. The van der Waals surface area contributed by atoms with E-state index >= 15 is 0 Å². The molecule has 4 aromatic rings. The summed E-state index contributed by atoms with van der Waals surface area (Å²) in [6, 6.07) is 27.7. The zero-order valence-corrected chi connectivity index (χ0v) is 20.0. The molecule has 0 unspecified atom stereocenters. The number of hydrogen-bond donors (Lipinski definition) is 1. The normalized spacial score (nSPS) is 13.5. The van der Waals surface area contributed by atoms with Gasteiger partial charge >= 0.3 is 0 Å². The second-order valence-electron chi connectivity index (χ2n) is 8.01. The summed E-state index contributed by atoms with van der Waals surface area (Å²) in [6.07, 6.45) is 1.71. The number of para-hydroxylation sites is 2. The lowest BCUT2D eigenvalue weighted by molar-refractivity contribution is 0.122. The van der Waals surface area contributed by atoms with Crippen molar-refractivity contribution in [1.82, 2.24) is 15.0 Å². The van der Waals surface area contributed by atoms with Crippen LogP contribution in [0.25, 0.3) is 0 Å². The molecule has 5 rings (SSSR count). The van der Waals surface area contributed by atoms with Crippen LogP contribution in [0.5, 0.6) is 5.75 Å². The van der Waals surface area contributed by atoms with Gasteiger partial charge in [-0.3, -0.25) is 4.90 Å². The summed E-state index contributed by atoms with van der Waals surface area (Å²) in [5, 5.41) is 4.37. The molecule has 1 fully saturated rings. The van der Waals surface area contributed by atoms with Crippen molar-refractivity contribution in [2.24, 2.45) is 5.10 Å². The first-order valence-corrected chi connectivity index (χ1v) is 11.7. The Hall–Kier alpha value is -4.50. The standard InChI is InChI=1S/C27H27N7O2/c1-35-24-14-12-21(13-15-24)20-28-32-25-29-26(33-16-18-36-19-17-33)31-27(30-25)34(22-8-4-2-5-9-22)23-10-6-3-7-11-23/h2-15,20H,16-19H2,1H3,(H,29,30,31,32)/b28-20+. The Balaban J connectivity index is 1.51. The Morgan fingerprint density at radius 1 is 0.861 bits per heavy atom. The van der Waals surface area contributed by atoms with Crippen molar-refractivity contribution in [3.05, 3.63) is 90.5 Å². The summed E-state index contributed by atoms with van der Waals surface area (Å²) in [6.45, 7) is 2.66. The Kier molecular flexibility index (Phi) is 7.29. The van der Waals surface area contributed by atoms with Crippen LogP contribution in [0.4, 0.5) is 29.2 Å². The zero-order chi connectivity index (χ0) is 24.6. The monoisotopic (exact) mass is 481 g/mol. The maximum atomic E-state index is 5.53. The van der Waals surface area contributed by atoms with E-state index in [1.807, 2.05) is 89.8 Å². The van der Waals surface area contributed by atoms with E-state index in [9.17, 15) is 0 Å². The first-order chi connectivity index (χ1) is 17.8. The quantitative estimate of drug-likeness (QED) is 0.288. The highest BCUT2D eigenvalue weighted by Gasteiger charge is 2.21. The van der Waals surface area contributed by atoms with E-state index in [-0.39, 0.29) is 0 Å². The molecule has 0 atom stereocenters. The molecule has 9 heteroatoms. The molecule has 1 saturated heterocycles. The number of hydrogen-bond acceptors (Lipinski definition) is 9. The molecule has 0 bridgehead atoms. The van der Waals surface area contributed by atoms with Gasteiger partial charge in [-0.15, -0.1) is 0 Å². The van der Waals surface area contributed by atoms with Gasteiger partial charge in [-0.25, -0.2) is 5.43 Å². The van der Waals surface area contributed by atoms with E-state index in [1.54, 1.807) is 13.3 Å². The Morgan fingerprint density at radius 3 is 2.11 bits per heavy atom. The predicted molar refractivity (Wildman–Crippen MR) is 142 cm³/mol. The number of nitrogens with one attached hydrogen (secondary N) is 1. The summed E-state index contributed by atoms with van der Waals surface area (Å²) in [5.41, 5.74) is 5.79. The van der Waals surface area contributed by atoms with Crippen LogP contribution < -0.4 is 20.0 Å². The lowest BCUT2D eigenvalue weighted by Gasteiger charge is -2.28. The molecule has 182 valence electrons. The molecule has 0 spiro atoms. The minimum atomic E-state index is 0.350. The predicted octanol–water partition coefficient (Wildman–Crippen LogP) is 4.63. The number of anilines is 5. The highest BCUT2D eigenvalue weighted by atomic mass is 16.5. The summed E-state index contributed by atoms with van der Waals surface area (Å²) in [7, 11) is 1.64. The molecule has 1 aliphatic heterocycles. The first-order valence-electron chi connectivity index (χ1n) is 11.7. The van der Waals surface area contributed by atoms with Gasteiger partial charge in [0.25, 0.3) is 0 Å². The summed E-state index contributed by atoms with van der Waals surface area (Å²) < 4.78 is 10.7. The second kappa shape index (κ2) is 11.3. The fourth-order valence-electron chi connectivity index (χ4n) is 3.80. The van der Waals surface area contributed by atoms with Crippen molar-refractivity contribution in [3.63, 3.8) is 0 Å². The molecule has 0 radical (unpaired) electrons. The van der Waals surface area contributed by atoms with Gasteiger partial charge in [-0.2, -0.15) is 20.1 Å². The molecule has 3 aromatic carbocycles. The SMILES string of the molecule is COc1ccc(/C=N/Nc2nc(N3CCOCC3)nc(N(c3ccccc3)c3ccccc3)n2)cc1. The number of benzene rings is 3. The third kappa shape index (κ3) is 5.59. The van der Waals surface area contributed by atoms with Crippen LogP contribution in [0.15, 0.2) is 90.0 Å². The van der Waals surface area contributed by atoms with Crippen LogP contribution in [0.3, 0.4) is 0 Å². The molecule has 0 saturated carbocycles. The van der Waals surface area contributed by atoms with E-state index in [2.05, 4.69) is 20.4 Å². The van der Waals surface area contributed by atoms with Crippen LogP contribution in [-0.2, 0) is 4.74 Å². The van der Waals surface area contributed by atoms with E-state index in [0.717, 1.165) is 22.7 Å². The van der Waals surface area contributed by atoms with Crippen molar-refractivity contribution in [3.8, 4) is 5.75 Å². The highest BCUT2D eigenvalue weighted by molar-refractivity contribution is 5.80. The molecule has 2 heterocycles. The number of ether oxygens (including phenoxy) is 2. The van der Waals surface area contributed by atoms with Gasteiger partial charge in [-0.05, 0) is 54.1 Å². The molecule has 1 aliphatic rings. The van der Waals surface area contributed by atoms with Crippen LogP contribution >= 0.6 is 0 Å². The average molecular weight is 482 g/mol. The minimum absolute atomic E-state index is 0.350. The van der Waals surface area contributed by atoms with Gasteiger partial charge in [0, 0.05) is 24.5 Å². The van der Waals surface area contributed by atoms with Gasteiger partial charge in [0.2, 0.25) is 17.8 Å². The Morgan fingerprint density at radius 2 is 1.50 bits per heavy atom. The molecular formula is C27H27N7O2. The van der Waals surface area contributed by atoms with E-state index in [0.29, 0.717) is 44.1 Å². The van der Waals surface area contributed by atoms with Gasteiger partial charge < -0.3 is 14.4 Å². The molecular weight excluding hydrogens is 454 g/mol. The number of rotatable bonds is 8. The minimum Gasteiger partial charge on any atom is -0.497 e. The largest absolute Gasteiger partial charge is 0.497 e. The van der Waals surface area contributed by atoms with E-state index in [4.69, 9.17) is 19.4 Å². The van der Waals surface area contributed by atoms with Crippen molar-refractivity contribution in [1.29, 1.82) is 0 Å². The number of methoxy groups -OCH3 is 1. The second-order valence-corrected chi connectivity index (χ2v) is 8.01. The maximum Gasteiger partial charge on any atom is 0.250 e. The lowest BCUT2D eigenvalue weighted by atomic mass is 10.2.